The van der Waals surface area contributed by atoms with Crippen LogP contribution in [-0.4, -0.2) is 25.9 Å². The molecule has 1 atom stereocenters. The number of nitrogens with one attached hydrogen (secondary N) is 2. The van der Waals surface area contributed by atoms with E-state index in [9.17, 15) is 13.2 Å². The summed E-state index contributed by atoms with van der Waals surface area (Å²) in [7, 11) is -3.58. The number of carbonyl (C=O) groups excluding carboxylic acids is 1. The van der Waals surface area contributed by atoms with Crippen LogP contribution >= 0.6 is 0 Å². The number of benzene rings is 1. The van der Waals surface area contributed by atoms with Crippen molar-refractivity contribution in [3.05, 3.63) is 29.8 Å². The number of carbonyl (C=O) groups is 1. The zero-order valence-corrected chi connectivity index (χ0v) is 14.9. The van der Waals surface area contributed by atoms with Gasteiger partial charge >= 0.3 is 0 Å². The molecule has 1 amide bonds. The normalized spacial score (nSPS) is 14.0. The highest BCUT2D eigenvalue weighted by Crippen LogP contribution is 2.14. The topological polar surface area (TPSA) is 75.3 Å². The van der Waals surface area contributed by atoms with Crippen LogP contribution in [0.4, 0.5) is 0 Å². The van der Waals surface area contributed by atoms with Gasteiger partial charge in [-0.1, -0.05) is 13.8 Å². The Morgan fingerprint density at radius 1 is 1.05 bits per heavy atom. The van der Waals surface area contributed by atoms with E-state index in [1.807, 2.05) is 20.8 Å². The third kappa shape index (κ3) is 5.42. The lowest BCUT2D eigenvalue weighted by Crippen LogP contribution is -2.40. The second-order valence-corrected chi connectivity index (χ2v) is 8.57. The molecule has 0 aliphatic heterocycles. The number of amides is 1. The Labute approximate surface area is 133 Å². The van der Waals surface area contributed by atoms with Crippen LogP contribution in [0, 0.1) is 5.92 Å². The first-order valence-electron chi connectivity index (χ1n) is 7.37. The van der Waals surface area contributed by atoms with Crippen molar-refractivity contribution in [3.63, 3.8) is 0 Å². The standard InChI is InChI=1S/C16H26N2O3S/c1-11(2)12(3)17-15(19)13-7-9-14(10-8-13)22(20,21)18-16(4,5)6/h7-12,18H,1-6H3,(H,17,19). The molecule has 2 N–H and O–H groups in total. The van der Waals surface area contributed by atoms with E-state index in [-0.39, 0.29) is 16.8 Å². The van der Waals surface area contributed by atoms with Crippen molar-refractivity contribution >= 4 is 15.9 Å². The smallest absolute Gasteiger partial charge is 0.251 e. The Morgan fingerprint density at radius 3 is 1.95 bits per heavy atom. The van der Waals surface area contributed by atoms with Crippen molar-refractivity contribution < 1.29 is 13.2 Å². The average molecular weight is 326 g/mol. The summed E-state index contributed by atoms with van der Waals surface area (Å²) in [5.41, 5.74) is -0.108. The van der Waals surface area contributed by atoms with E-state index in [4.69, 9.17) is 0 Å². The summed E-state index contributed by atoms with van der Waals surface area (Å²) in [6.45, 7) is 11.3. The van der Waals surface area contributed by atoms with E-state index in [2.05, 4.69) is 10.0 Å². The molecule has 22 heavy (non-hydrogen) atoms. The second-order valence-electron chi connectivity index (χ2n) is 6.89. The quantitative estimate of drug-likeness (QED) is 0.873. The lowest BCUT2D eigenvalue weighted by molar-refractivity contribution is 0.0930. The summed E-state index contributed by atoms with van der Waals surface area (Å²) in [4.78, 5) is 12.2. The molecule has 0 aromatic heterocycles. The fourth-order valence-electron chi connectivity index (χ4n) is 1.70. The van der Waals surface area contributed by atoms with Gasteiger partial charge in [0.25, 0.3) is 5.91 Å². The lowest BCUT2D eigenvalue weighted by atomic mass is 10.1. The predicted molar refractivity (Wildman–Crippen MR) is 88.3 cm³/mol. The van der Waals surface area contributed by atoms with Crippen LogP contribution in [0.1, 0.15) is 51.9 Å². The average Bonchev–Trinajstić information content (AvgIpc) is 2.35. The highest BCUT2D eigenvalue weighted by Gasteiger charge is 2.22. The van der Waals surface area contributed by atoms with E-state index >= 15 is 0 Å². The Bertz CT molecular complexity index is 614. The minimum Gasteiger partial charge on any atom is -0.349 e. The van der Waals surface area contributed by atoms with Gasteiger partial charge in [0.1, 0.15) is 0 Å². The van der Waals surface area contributed by atoms with Crippen LogP contribution < -0.4 is 10.0 Å². The first kappa shape index (κ1) is 18.6. The van der Waals surface area contributed by atoms with Gasteiger partial charge in [-0.3, -0.25) is 4.79 Å². The molecular weight excluding hydrogens is 300 g/mol. The molecule has 1 aromatic rings. The van der Waals surface area contributed by atoms with E-state index in [1.165, 1.54) is 24.3 Å². The van der Waals surface area contributed by atoms with E-state index < -0.39 is 15.6 Å². The van der Waals surface area contributed by atoms with Gasteiger partial charge in [-0.15, -0.1) is 0 Å². The maximum atomic E-state index is 12.2. The summed E-state index contributed by atoms with van der Waals surface area (Å²) < 4.78 is 26.9. The molecule has 0 aliphatic carbocycles. The summed E-state index contributed by atoms with van der Waals surface area (Å²) in [6.07, 6.45) is 0. The minimum absolute atomic E-state index is 0.0541. The van der Waals surface area contributed by atoms with Gasteiger partial charge in [-0.05, 0) is 57.9 Å². The molecule has 0 spiro atoms. The van der Waals surface area contributed by atoms with Crippen molar-refractivity contribution in [2.24, 2.45) is 5.92 Å². The molecule has 124 valence electrons. The number of rotatable bonds is 5. The van der Waals surface area contributed by atoms with Crippen molar-refractivity contribution in [1.29, 1.82) is 0 Å². The van der Waals surface area contributed by atoms with E-state index in [1.54, 1.807) is 20.8 Å². The Kier molecular flexibility index (Phi) is 5.76. The van der Waals surface area contributed by atoms with Gasteiger partial charge in [-0.25, -0.2) is 13.1 Å². The summed E-state index contributed by atoms with van der Waals surface area (Å²) in [5.74, 6) is 0.133. The third-order valence-corrected chi connectivity index (χ3v) is 5.00. The van der Waals surface area contributed by atoms with E-state index in [0.717, 1.165) is 0 Å². The minimum atomic E-state index is -3.58. The van der Waals surface area contributed by atoms with Crippen LogP contribution in [-0.2, 0) is 10.0 Å². The van der Waals surface area contributed by atoms with Crippen LogP contribution in [0.2, 0.25) is 0 Å². The molecule has 0 heterocycles. The van der Waals surface area contributed by atoms with Crippen LogP contribution in [0.3, 0.4) is 0 Å². The van der Waals surface area contributed by atoms with Crippen molar-refractivity contribution in [1.82, 2.24) is 10.0 Å². The maximum absolute atomic E-state index is 12.2. The molecular formula is C16H26N2O3S. The molecule has 1 rings (SSSR count). The van der Waals surface area contributed by atoms with Crippen LogP contribution in [0.5, 0.6) is 0 Å². The van der Waals surface area contributed by atoms with Crippen molar-refractivity contribution in [2.75, 3.05) is 0 Å². The molecule has 1 aromatic carbocycles. The van der Waals surface area contributed by atoms with Gasteiger partial charge in [-0.2, -0.15) is 0 Å². The Hall–Kier alpha value is -1.40. The van der Waals surface area contributed by atoms with Crippen LogP contribution in [0.15, 0.2) is 29.2 Å². The number of hydrogen-bond acceptors (Lipinski definition) is 3. The van der Waals surface area contributed by atoms with Crippen LogP contribution in [0.25, 0.3) is 0 Å². The molecule has 0 bridgehead atoms. The van der Waals surface area contributed by atoms with Gasteiger partial charge in [0.05, 0.1) is 4.90 Å². The third-order valence-electron chi connectivity index (χ3n) is 3.23. The van der Waals surface area contributed by atoms with E-state index in [0.29, 0.717) is 11.5 Å². The molecule has 1 unspecified atom stereocenters. The molecule has 0 aliphatic rings. The molecule has 0 fully saturated rings. The van der Waals surface area contributed by atoms with Crippen molar-refractivity contribution in [2.45, 2.75) is 58.0 Å². The second kappa shape index (κ2) is 6.79. The van der Waals surface area contributed by atoms with Gasteiger partial charge in [0.15, 0.2) is 0 Å². The first-order chi connectivity index (χ1) is 9.92. The van der Waals surface area contributed by atoms with Gasteiger partial charge in [0, 0.05) is 17.1 Å². The Morgan fingerprint density at radius 2 is 1.55 bits per heavy atom. The highest BCUT2D eigenvalue weighted by atomic mass is 32.2. The first-order valence-corrected chi connectivity index (χ1v) is 8.85. The molecule has 6 heteroatoms. The number of sulfonamides is 1. The fourth-order valence-corrected chi connectivity index (χ4v) is 3.12. The largest absolute Gasteiger partial charge is 0.349 e. The van der Waals surface area contributed by atoms with Gasteiger partial charge in [0.2, 0.25) is 10.0 Å². The Balaban J connectivity index is 2.89. The van der Waals surface area contributed by atoms with Gasteiger partial charge < -0.3 is 5.32 Å². The summed E-state index contributed by atoms with van der Waals surface area (Å²) in [5, 5.41) is 2.89. The zero-order chi connectivity index (χ0) is 17.1. The predicted octanol–water partition coefficient (Wildman–Crippen LogP) is 2.54. The maximum Gasteiger partial charge on any atom is 0.251 e. The molecule has 0 radical (unpaired) electrons. The fraction of sp³-hybridized carbons (Fsp3) is 0.562. The SMILES string of the molecule is CC(C)C(C)NC(=O)c1ccc(S(=O)(=O)NC(C)(C)C)cc1. The zero-order valence-electron chi connectivity index (χ0n) is 14.1. The summed E-state index contributed by atoms with van der Waals surface area (Å²) >= 11 is 0. The molecule has 5 nitrogen and oxygen atoms in total. The van der Waals surface area contributed by atoms with Crippen molar-refractivity contribution in [3.8, 4) is 0 Å². The lowest BCUT2D eigenvalue weighted by Gasteiger charge is -2.20. The summed E-state index contributed by atoms with van der Waals surface area (Å²) in [6, 6.07) is 6.00. The highest BCUT2D eigenvalue weighted by molar-refractivity contribution is 7.89. The molecule has 0 saturated heterocycles. The monoisotopic (exact) mass is 326 g/mol. The number of hydrogen-bond donors (Lipinski definition) is 2. The molecule has 0 saturated carbocycles.